The summed E-state index contributed by atoms with van der Waals surface area (Å²) in [7, 11) is 0. The van der Waals surface area contributed by atoms with Crippen LogP contribution in [0.3, 0.4) is 0 Å². The second-order valence-corrected chi connectivity index (χ2v) is 8.04. The number of nitrogens with zero attached hydrogens (tertiary/aromatic N) is 3. The molecule has 29 heavy (non-hydrogen) atoms. The molecule has 0 saturated heterocycles. The molecule has 0 radical (unpaired) electrons. The Labute approximate surface area is 173 Å². The monoisotopic (exact) mass is 381 g/mol. The maximum absolute atomic E-state index is 4.70. The van der Waals surface area contributed by atoms with Crippen LogP contribution in [0.25, 0.3) is 28.2 Å². The van der Waals surface area contributed by atoms with Crippen LogP contribution in [0.1, 0.15) is 50.7 Å². The van der Waals surface area contributed by atoms with Crippen molar-refractivity contribution in [1.29, 1.82) is 0 Å². The molecular weight excluding hydrogens is 354 g/mol. The molecule has 0 N–H and O–H groups in total. The van der Waals surface area contributed by atoms with E-state index in [9.17, 15) is 0 Å². The molecule has 2 aromatic heterocycles. The van der Waals surface area contributed by atoms with Gasteiger partial charge in [0.15, 0.2) is 0 Å². The molecule has 0 saturated carbocycles. The second kappa shape index (κ2) is 8.04. The van der Waals surface area contributed by atoms with Gasteiger partial charge in [-0.05, 0) is 46.7 Å². The van der Waals surface area contributed by atoms with E-state index in [0.717, 1.165) is 17.0 Å². The second-order valence-electron chi connectivity index (χ2n) is 8.04. The third-order valence-electron chi connectivity index (χ3n) is 5.32. The molecule has 4 aromatic rings. The SMILES string of the molecule is CC(C)c1cc(-c2cccnc2)cc(C(C)C)c1-n1ccnc1-c1ccccc1. The highest BCUT2D eigenvalue weighted by Gasteiger charge is 2.20. The average Bonchev–Trinajstić information content (AvgIpc) is 3.23. The third kappa shape index (κ3) is 3.73. The first-order valence-electron chi connectivity index (χ1n) is 10.2. The van der Waals surface area contributed by atoms with E-state index in [4.69, 9.17) is 4.98 Å². The Morgan fingerprint density at radius 1 is 0.724 bits per heavy atom. The van der Waals surface area contributed by atoms with Gasteiger partial charge in [0.25, 0.3) is 0 Å². The maximum Gasteiger partial charge on any atom is 0.144 e. The van der Waals surface area contributed by atoms with Crippen LogP contribution in [0.4, 0.5) is 0 Å². The molecule has 0 aliphatic carbocycles. The van der Waals surface area contributed by atoms with Crippen molar-refractivity contribution in [3.63, 3.8) is 0 Å². The van der Waals surface area contributed by atoms with Crippen molar-refractivity contribution < 1.29 is 0 Å². The zero-order valence-electron chi connectivity index (χ0n) is 17.5. The molecule has 0 amide bonds. The summed E-state index contributed by atoms with van der Waals surface area (Å²) in [6, 6.07) is 19.2. The van der Waals surface area contributed by atoms with E-state index in [1.807, 2.05) is 30.7 Å². The molecule has 2 heterocycles. The number of benzene rings is 2. The molecule has 146 valence electrons. The van der Waals surface area contributed by atoms with Gasteiger partial charge in [0.1, 0.15) is 5.82 Å². The number of pyridine rings is 1. The zero-order valence-corrected chi connectivity index (χ0v) is 17.5. The topological polar surface area (TPSA) is 30.7 Å². The van der Waals surface area contributed by atoms with Crippen molar-refractivity contribution in [3.05, 3.63) is 90.5 Å². The fraction of sp³-hybridized carbons (Fsp3) is 0.231. The number of rotatable bonds is 5. The molecule has 3 heteroatoms. The Balaban J connectivity index is 1.98. The van der Waals surface area contributed by atoms with Crippen molar-refractivity contribution in [3.8, 4) is 28.2 Å². The first-order chi connectivity index (χ1) is 14.1. The molecule has 0 aliphatic rings. The van der Waals surface area contributed by atoms with Crippen LogP contribution in [0.2, 0.25) is 0 Å². The van der Waals surface area contributed by atoms with E-state index in [1.54, 1.807) is 0 Å². The quantitative estimate of drug-likeness (QED) is 0.378. The third-order valence-corrected chi connectivity index (χ3v) is 5.32. The van der Waals surface area contributed by atoms with E-state index in [1.165, 1.54) is 22.4 Å². The highest BCUT2D eigenvalue weighted by Crippen LogP contribution is 2.37. The molecule has 0 aliphatic heterocycles. The number of hydrogen-bond donors (Lipinski definition) is 0. The van der Waals surface area contributed by atoms with Gasteiger partial charge in [-0.25, -0.2) is 4.98 Å². The minimum Gasteiger partial charge on any atom is -0.299 e. The summed E-state index contributed by atoms with van der Waals surface area (Å²) in [6.45, 7) is 9.04. The lowest BCUT2D eigenvalue weighted by Crippen LogP contribution is -2.08. The maximum atomic E-state index is 4.70. The van der Waals surface area contributed by atoms with Crippen LogP contribution in [-0.4, -0.2) is 14.5 Å². The van der Waals surface area contributed by atoms with Crippen LogP contribution in [0.15, 0.2) is 79.4 Å². The van der Waals surface area contributed by atoms with Crippen molar-refractivity contribution in [1.82, 2.24) is 14.5 Å². The smallest absolute Gasteiger partial charge is 0.144 e. The van der Waals surface area contributed by atoms with Gasteiger partial charge in [-0.1, -0.05) is 64.1 Å². The van der Waals surface area contributed by atoms with Crippen LogP contribution < -0.4 is 0 Å². The lowest BCUT2D eigenvalue weighted by Gasteiger charge is -2.23. The molecule has 0 unspecified atom stereocenters. The zero-order chi connectivity index (χ0) is 20.4. The van der Waals surface area contributed by atoms with Gasteiger partial charge in [0.05, 0.1) is 5.69 Å². The number of hydrogen-bond acceptors (Lipinski definition) is 2. The minimum atomic E-state index is 0.380. The first kappa shape index (κ1) is 19.1. The fourth-order valence-electron chi connectivity index (χ4n) is 3.82. The minimum absolute atomic E-state index is 0.380. The summed E-state index contributed by atoms with van der Waals surface area (Å²) in [6.07, 6.45) is 7.74. The van der Waals surface area contributed by atoms with Gasteiger partial charge in [0, 0.05) is 35.9 Å². The highest BCUT2D eigenvalue weighted by atomic mass is 15.1. The molecule has 2 aromatic carbocycles. The van der Waals surface area contributed by atoms with Crippen molar-refractivity contribution >= 4 is 0 Å². The Bertz CT molecular complexity index is 1060. The molecule has 3 nitrogen and oxygen atoms in total. The van der Waals surface area contributed by atoms with Crippen LogP contribution in [0.5, 0.6) is 0 Å². The Morgan fingerprint density at radius 3 is 1.97 bits per heavy atom. The van der Waals surface area contributed by atoms with Gasteiger partial charge < -0.3 is 0 Å². The predicted molar refractivity (Wildman–Crippen MR) is 120 cm³/mol. The Morgan fingerprint density at radius 2 is 1.38 bits per heavy atom. The van der Waals surface area contributed by atoms with Crippen molar-refractivity contribution in [2.75, 3.05) is 0 Å². The molecule has 0 bridgehead atoms. The van der Waals surface area contributed by atoms with E-state index in [-0.39, 0.29) is 0 Å². The fourth-order valence-corrected chi connectivity index (χ4v) is 3.82. The highest BCUT2D eigenvalue weighted by molar-refractivity contribution is 5.71. The summed E-state index contributed by atoms with van der Waals surface area (Å²) in [5.41, 5.74) is 7.39. The Kier molecular flexibility index (Phi) is 5.30. The summed E-state index contributed by atoms with van der Waals surface area (Å²) in [5.74, 6) is 1.74. The Hall–Kier alpha value is -3.20. The first-order valence-corrected chi connectivity index (χ1v) is 10.2. The average molecular weight is 382 g/mol. The lowest BCUT2D eigenvalue weighted by atomic mass is 9.88. The lowest BCUT2D eigenvalue weighted by molar-refractivity contribution is 0.807. The van der Waals surface area contributed by atoms with Gasteiger partial charge in [-0.15, -0.1) is 0 Å². The number of imidazole rings is 1. The summed E-state index contributed by atoms with van der Waals surface area (Å²) in [4.78, 5) is 9.02. The summed E-state index contributed by atoms with van der Waals surface area (Å²) < 4.78 is 2.26. The van der Waals surface area contributed by atoms with E-state index >= 15 is 0 Å². The van der Waals surface area contributed by atoms with Gasteiger partial charge >= 0.3 is 0 Å². The van der Waals surface area contributed by atoms with Gasteiger partial charge in [0.2, 0.25) is 0 Å². The standard InChI is InChI=1S/C26H27N3/c1-18(2)23-15-22(21-11-8-12-27-17-21)16-24(19(3)4)25(23)29-14-13-28-26(29)20-9-6-5-7-10-20/h5-19H,1-4H3. The van der Waals surface area contributed by atoms with Crippen molar-refractivity contribution in [2.45, 2.75) is 39.5 Å². The summed E-state index contributed by atoms with van der Waals surface area (Å²) in [5, 5.41) is 0. The normalized spacial score (nSPS) is 11.4. The van der Waals surface area contributed by atoms with Crippen LogP contribution in [-0.2, 0) is 0 Å². The largest absolute Gasteiger partial charge is 0.299 e. The molecule has 0 atom stereocenters. The van der Waals surface area contributed by atoms with Crippen molar-refractivity contribution in [2.24, 2.45) is 0 Å². The van der Waals surface area contributed by atoms with E-state index in [2.05, 4.69) is 85.9 Å². The van der Waals surface area contributed by atoms with Gasteiger partial charge in [-0.3, -0.25) is 9.55 Å². The van der Waals surface area contributed by atoms with E-state index < -0.39 is 0 Å². The predicted octanol–water partition coefficient (Wildman–Crippen LogP) is 6.85. The number of aromatic nitrogens is 3. The molecule has 0 spiro atoms. The summed E-state index contributed by atoms with van der Waals surface area (Å²) >= 11 is 0. The van der Waals surface area contributed by atoms with Gasteiger partial charge in [-0.2, -0.15) is 0 Å². The molecule has 0 fully saturated rings. The van der Waals surface area contributed by atoms with Crippen LogP contribution >= 0.6 is 0 Å². The van der Waals surface area contributed by atoms with Crippen LogP contribution in [0, 0.1) is 0 Å². The van der Waals surface area contributed by atoms with E-state index in [0.29, 0.717) is 11.8 Å². The molecular formula is C26H27N3. The molecule has 4 rings (SSSR count).